The molecule has 1 heterocycles. The third-order valence-electron chi connectivity index (χ3n) is 5.07. The molecular formula is C23H21N3O4S. The standard InChI is InChI=1S/C23H21N3O4S/c1-25(15-17-7-3-2-4-8-17)31(29,30)19-13-11-18(12-14-19)23(28)26-16-22(27)24-20-9-5-6-10-21(20)26/h2-14H,15-16H2,1H3,(H,24,27). The summed E-state index contributed by atoms with van der Waals surface area (Å²) in [6.45, 7) is 0.138. The van der Waals surface area contributed by atoms with Crippen LogP contribution in [0.1, 0.15) is 15.9 Å². The van der Waals surface area contributed by atoms with Crippen LogP contribution >= 0.6 is 0 Å². The monoisotopic (exact) mass is 435 g/mol. The van der Waals surface area contributed by atoms with Crippen LogP contribution in [-0.2, 0) is 21.4 Å². The summed E-state index contributed by atoms with van der Waals surface area (Å²) in [5.41, 5.74) is 2.34. The summed E-state index contributed by atoms with van der Waals surface area (Å²) >= 11 is 0. The predicted molar refractivity (Wildman–Crippen MR) is 118 cm³/mol. The van der Waals surface area contributed by atoms with Crippen LogP contribution in [-0.4, -0.2) is 38.1 Å². The summed E-state index contributed by atoms with van der Waals surface area (Å²) < 4.78 is 27.1. The van der Waals surface area contributed by atoms with Gasteiger partial charge in [0, 0.05) is 19.2 Å². The van der Waals surface area contributed by atoms with Gasteiger partial charge in [-0.3, -0.25) is 14.5 Å². The maximum Gasteiger partial charge on any atom is 0.258 e. The number of hydrogen-bond donors (Lipinski definition) is 1. The molecule has 1 aliphatic rings. The van der Waals surface area contributed by atoms with Gasteiger partial charge < -0.3 is 5.32 Å². The number of anilines is 2. The molecule has 158 valence electrons. The normalized spacial score (nSPS) is 13.6. The molecule has 0 aromatic heterocycles. The summed E-state index contributed by atoms with van der Waals surface area (Å²) in [6.07, 6.45) is 0. The van der Waals surface area contributed by atoms with E-state index in [1.54, 1.807) is 24.3 Å². The van der Waals surface area contributed by atoms with Gasteiger partial charge in [0.1, 0.15) is 6.54 Å². The maximum absolute atomic E-state index is 13.0. The smallest absolute Gasteiger partial charge is 0.258 e. The molecule has 0 fully saturated rings. The van der Waals surface area contributed by atoms with Crippen LogP contribution in [0.4, 0.5) is 11.4 Å². The summed E-state index contributed by atoms with van der Waals surface area (Å²) in [6, 6.07) is 22.1. The Bertz CT molecular complexity index is 1230. The molecule has 1 aliphatic heterocycles. The number of carbonyl (C=O) groups is 2. The minimum absolute atomic E-state index is 0.0965. The molecule has 0 saturated heterocycles. The van der Waals surface area contributed by atoms with Gasteiger partial charge in [0.25, 0.3) is 5.91 Å². The van der Waals surface area contributed by atoms with E-state index in [1.165, 1.54) is 40.5 Å². The molecular weight excluding hydrogens is 414 g/mol. The molecule has 3 aromatic rings. The first-order chi connectivity index (χ1) is 14.9. The average Bonchev–Trinajstić information content (AvgIpc) is 2.78. The van der Waals surface area contributed by atoms with Gasteiger partial charge in [0.15, 0.2) is 0 Å². The number of para-hydroxylation sites is 2. The van der Waals surface area contributed by atoms with Crippen LogP contribution in [0.15, 0.2) is 83.8 Å². The van der Waals surface area contributed by atoms with E-state index in [4.69, 9.17) is 0 Å². The van der Waals surface area contributed by atoms with Crippen LogP contribution in [0.25, 0.3) is 0 Å². The summed E-state index contributed by atoms with van der Waals surface area (Å²) in [5, 5.41) is 2.74. The molecule has 0 aliphatic carbocycles. The molecule has 0 spiro atoms. The fourth-order valence-electron chi connectivity index (χ4n) is 3.45. The van der Waals surface area contributed by atoms with E-state index in [2.05, 4.69) is 5.32 Å². The molecule has 4 rings (SSSR count). The highest BCUT2D eigenvalue weighted by Gasteiger charge is 2.28. The van der Waals surface area contributed by atoms with Gasteiger partial charge in [0.05, 0.1) is 16.3 Å². The number of carbonyl (C=O) groups excluding carboxylic acids is 2. The largest absolute Gasteiger partial charge is 0.323 e. The summed E-state index contributed by atoms with van der Waals surface area (Å²) in [7, 11) is -2.20. The van der Waals surface area contributed by atoms with E-state index in [0.717, 1.165) is 5.56 Å². The lowest BCUT2D eigenvalue weighted by Gasteiger charge is -2.29. The zero-order valence-electron chi connectivity index (χ0n) is 16.9. The van der Waals surface area contributed by atoms with Gasteiger partial charge in [-0.05, 0) is 42.0 Å². The molecule has 3 aromatic carbocycles. The predicted octanol–water partition coefficient (Wildman–Crippen LogP) is 3.11. The third kappa shape index (κ3) is 4.21. The molecule has 2 amide bonds. The number of hydrogen-bond acceptors (Lipinski definition) is 4. The number of sulfonamides is 1. The van der Waals surface area contributed by atoms with Crippen LogP contribution in [0.5, 0.6) is 0 Å². The van der Waals surface area contributed by atoms with E-state index >= 15 is 0 Å². The molecule has 8 heteroatoms. The van der Waals surface area contributed by atoms with Crippen LogP contribution < -0.4 is 10.2 Å². The van der Waals surface area contributed by atoms with E-state index in [9.17, 15) is 18.0 Å². The van der Waals surface area contributed by atoms with Crippen molar-refractivity contribution in [2.75, 3.05) is 23.8 Å². The van der Waals surface area contributed by atoms with Crippen molar-refractivity contribution in [1.29, 1.82) is 0 Å². The molecule has 1 N–H and O–H groups in total. The summed E-state index contributed by atoms with van der Waals surface area (Å²) in [5.74, 6) is -0.655. The van der Waals surface area contributed by atoms with Crippen molar-refractivity contribution in [3.8, 4) is 0 Å². The second-order valence-corrected chi connectivity index (χ2v) is 9.27. The Balaban J connectivity index is 1.55. The quantitative estimate of drug-likeness (QED) is 0.667. The SMILES string of the molecule is CN(Cc1ccccc1)S(=O)(=O)c1ccc(C(=O)N2CC(=O)Nc3ccccc32)cc1. The Morgan fingerprint density at radius 2 is 1.61 bits per heavy atom. The Hall–Kier alpha value is -3.49. The molecule has 0 atom stereocenters. The third-order valence-corrected chi connectivity index (χ3v) is 6.89. The van der Waals surface area contributed by atoms with Crippen molar-refractivity contribution in [3.63, 3.8) is 0 Å². The Kier molecular flexibility index (Phi) is 5.58. The number of nitrogens with zero attached hydrogens (tertiary/aromatic N) is 2. The van der Waals surface area contributed by atoms with E-state index < -0.39 is 10.0 Å². The molecule has 0 radical (unpaired) electrons. The van der Waals surface area contributed by atoms with Gasteiger partial charge >= 0.3 is 0 Å². The van der Waals surface area contributed by atoms with E-state index in [-0.39, 0.29) is 29.8 Å². The Labute approximate surface area is 181 Å². The van der Waals surface area contributed by atoms with Gasteiger partial charge in [0.2, 0.25) is 15.9 Å². The number of fused-ring (bicyclic) bond motifs is 1. The molecule has 31 heavy (non-hydrogen) atoms. The zero-order chi connectivity index (χ0) is 22.0. The van der Waals surface area contributed by atoms with Crippen LogP contribution in [0.3, 0.4) is 0 Å². The van der Waals surface area contributed by atoms with E-state index in [1.807, 2.05) is 30.3 Å². The average molecular weight is 436 g/mol. The van der Waals surface area contributed by atoms with Gasteiger partial charge in [-0.15, -0.1) is 0 Å². The van der Waals surface area contributed by atoms with Crippen molar-refractivity contribution < 1.29 is 18.0 Å². The lowest BCUT2D eigenvalue weighted by Crippen LogP contribution is -2.42. The molecule has 0 unspecified atom stereocenters. The van der Waals surface area contributed by atoms with Crippen molar-refractivity contribution >= 4 is 33.2 Å². The fraction of sp³-hybridized carbons (Fsp3) is 0.130. The van der Waals surface area contributed by atoms with Gasteiger partial charge in [-0.25, -0.2) is 8.42 Å². The van der Waals surface area contributed by atoms with Crippen molar-refractivity contribution in [1.82, 2.24) is 4.31 Å². The topological polar surface area (TPSA) is 86.8 Å². The Morgan fingerprint density at radius 3 is 2.32 bits per heavy atom. The molecule has 0 saturated carbocycles. The maximum atomic E-state index is 13.0. The fourth-order valence-corrected chi connectivity index (χ4v) is 4.60. The number of nitrogens with one attached hydrogen (secondary N) is 1. The van der Waals surface area contributed by atoms with E-state index in [0.29, 0.717) is 16.9 Å². The second-order valence-electron chi connectivity index (χ2n) is 7.23. The van der Waals surface area contributed by atoms with Crippen molar-refractivity contribution in [2.45, 2.75) is 11.4 Å². The van der Waals surface area contributed by atoms with Crippen LogP contribution in [0.2, 0.25) is 0 Å². The molecule has 0 bridgehead atoms. The van der Waals surface area contributed by atoms with Gasteiger partial charge in [-0.1, -0.05) is 42.5 Å². The Morgan fingerprint density at radius 1 is 0.968 bits per heavy atom. The lowest BCUT2D eigenvalue weighted by atomic mass is 10.1. The second kappa shape index (κ2) is 8.33. The van der Waals surface area contributed by atoms with Crippen molar-refractivity contribution in [2.24, 2.45) is 0 Å². The number of rotatable bonds is 5. The lowest BCUT2D eigenvalue weighted by molar-refractivity contribution is -0.115. The highest BCUT2D eigenvalue weighted by Crippen LogP contribution is 2.30. The molecule has 7 nitrogen and oxygen atoms in total. The first-order valence-electron chi connectivity index (χ1n) is 9.67. The van der Waals surface area contributed by atoms with Gasteiger partial charge in [-0.2, -0.15) is 4.31 Å². The van der Waals surface area contributed by atoms with Crippen LogP contribution in [0, 0.1) is 0 Å². The highest BCUT2D eigenvalue weighted by molar-refractivity contribution is 7.89. The summed E-state index contributed by atoms with van der Waals surface area (Å²) in [4.78, 5) is 26.5. The number of benzene rings is 3. The first-order valence-corrected chi connectivity index (χ1v) is 11.1. The number of amides is 2. The first kappa shape index (κ1) is 20.8. The highest BCUT2D eigenvalue weighted by atomic mass is 32.2. The minimum Gasteiger partial charge on any atom is -0.323 e. The zero-order valence-corrected chi connectivity index (χ0v) is 17.7. The van der Waals surface area contributed by atoms with Crippen molar-refractivity contribution in [3.05, 3.63) is 90.0 Å². The minimum atomic E-state index is -3.72.